The summed E-state index contributed by atoms with van der Waals surface area (Å²) in [5.74, 6) is 0.199. The summed E-state index contributed by atoms with van der Waals surface area (Å²) in [6.07, 6.45) is 4.77. The predicted molar refractivity (Wildman–Crippen MR) is 91.7 cm³/mol. The van der Waals surface area contributed by atoms with Crippen LogP contribution in [-0.2, 0) is 6.54 Å². The smallest absolute Gasteiger partial charge is 0.257 e. The number of hydrogen-bond acceptors (Lipinski definition) is 3. The molecule has 2 fully saturated rings. The van der Waals surface area contributed by atoms with Crippen molar-refractivity contribution in [2.75, 3.05) is 19.6 Å². The van der Waals surface area contributed by atoms with Crippen LogP contribution in [0, 0.1) is 13.8 Å². The first-order valence-electron chi connectivity index (χ1n) is 9.17. The standard InChI is InChI=1S/C18H30N4O/c1-5-20-11-7-9-15(20)16-10-8-12-21(16)18(23)17-13(3)19-22(6-2)14(17)4/h15-16H,5-12H2,1-4H3/t15-,16-/m1/s1. The quantitative estimate of drug-likeness (QED) is 0.857. The second kappa shape index (κ2) is 6.63. The number of aromatic nitrogens is 2. The van der Waals surface area contributed by atoms with Gasteiger partial charge in [-0.15, -0.1) is 0 Å². The molecule has 1 aromatic rings. The molecule has 0 saturated carbocycles. The Hall–Kier alpha value is -1.36. The number of nitrogens with zero attached hydrogens (tertiary/aromatic N) is 4. The van der Waals surface area contributed by atoms with Gasteiger partial charge in [-0.3, -0.25) is 14.4 Å². The van der Waals surface area contributed by atoms with E-state index in [9.17, 15) is 4.79 Å². The number of carbonyl (C=O) groups is 1. The Morgan fingerprint density at radius 2 is 1.78 bits per heavy atom. The highest BCUT2D eigenvalue weighted by molar-refractivity contribution is 5.96. The normalized spacial score (nSPS) is 25.5. The summed E-state index contributed by atoms with van der Waals surface area (Å²) in [4.78, 5) is 17.9. The molecule has 0 N–H and O–H groups in total. The molecule has 0 spiro atoms. The van der Waals surface area contributed by atoms with E-state index in [2.05, 4.69) is 28.7 Å². The Kier molecular flexibility index (Phi) is 4.76. The minimum absolute atomic E-state index is 0.199. The number of amides is 1. The van der Waals surface area contributed by atoms with Gasteiger partial charge in [0.25, 0.3) is 5.91 Å². The van der Waals surface area contributed by atoms with Gasteiger partial charge in [-0.05, 0) is 59.5 Å². The maximum absolute atomic E-state index is 13.2. The minimum Gasteiger partial charge on any atom is -0.334 e. The minimum atomic E-state index is 0.199. The summed E-state index contributed by atoms with van der Waals surface area (Å²) in [7, 11) is 0. The van der Waals surface area contributed by atoms with Crippen molar-refractivity contribution in [3.05, 3.63) is 17.0 Å². The molecule has 23 heavy (non-hydrogen) atoms. The van der Waals surface area contributed by atoms with Gasteiger partial charge >= 0.3 is 0 Å². The average molecular weight is 318 g/mol. The predicted octanol–water partition coefficient (Wildman–Crippen LogP) is 2.61. The summed E-state index contributed by atoms with van der Waals surface area (Å²) >= 11 is 0. The summed E-state index contributed by atoms with van der Waals surface area (Å²) < 4.78 is 1.95. The summed E-state index contributed by atoms with van der Waals surface area (Å²) in [5.41, 5.74) is 2.72. The third-order valence-electron chi connectivity index (χ3n) is 5.72. The van der Waals surface area contributed by atoms with Gasteiger partial charge in [-0.2, -0.15) is 5.10 Å². The van der Waals surface area contributed by atoms with E-state index >= 15 is 0 Å². The van der Waals surface area contributed by atoms with E-state index in [0.717, 1.165) is 49.4 Å². The zero-order chi connectivity index (χ0) is 16.6. The lowest BCUT2D eigenvalue weighted by Gasteiger charge is -2.34. The number of aryl methyl sites for hydroxylation is 2. The first kappa shape index (κ1) is 16.5. The van der Waals surface area contributed by atoms with Crippen LogP contribution in [0.25, 0.3) is 0 Å². The third kappa shape index (κ3) is 2.80. The average Bonchev–Trinajstić information content (AvgIpc) is 3.24. The van der Waals surface area contributed by atoms with Gasteiger partial charge in [0.05, 0.1) is 11.3 Å². The van der Waals surface area contributed by atoms with Crippen molar-refractivity contribution < 1.29 is 4.79 Å². The SMILES string of the molecule is CCN1CCC[C@@H]1[C@H]1CCCN1C(=O)c1c(C)nn(CC)c1C. The van der Waals surface area contributed by atoms with Gasteiger partial charge in [-0.25, -0.2) is 0 Å². The molecule has 128 valence electrons. The Bertz CT molecular complexity index is 580. The molecule has 2 saturated heterocycles. The number of likely N-dealkylation sites (N-methyl/N-ethyl adjacent to an activating group) is 1. The lowest BCUT2D eigenvalue weighted by Crippen LogP contribution is -2.48. The number of hydrogen-bond donors (Lipinski definition) is 0. The van der Waals surface area contributed by atoms with E-state index < -0.39 is 0 Å². The molecule has 2 aliphatic rings. The van der Waals surface area contributed by atoms with Crippen molar-refractivity contribution >= 4 is 5.91 Å². The van der Waals surface area contributed by atoms with Crippen LogP contribution < -0.4 is 0 Å². The largest absolute Gasteiger partial charge is 0.334 e. The third-order valence-corrected chi connectivity index (χ3v) is 5.72. The molecule has 2 aliphatic heterocycles. The molecule has 0 bridgehead atoms. The number of carbonyl (C=O) groups excluding carboxylic acids is 1. The molecular formula is C18H30N4O. The molecule has 0 radical (unpaired) electrons. The maximum Gasteiger partial charge on any atom is 0.257 e. The molecule has 5 nitrogen and oxygen atoms in total. The molecule has 3 rings (SSSR count). The molecule has 1 aromatic heterocycles. The Labute approximate surface area is 139 Å². The monoisotopic (exact) mass is 318 g/mol. The summed E-state index contributed by atoms with van der Waals surface area (Å²) in [5, 5.41) is 4.53. The summed E-state index contributed by atoms with van der Waals surface area (Å²) in [6, 6.07) is 0.932. The van der Waals surface area contributed by atoms with Gasteiger partial charge in [-0.1, -0.05) is 6.92 Å². The van der Waals surface area contributed by atoms with E-state index in [1.54, 1.807) is 0 Å². The van der Waals surface area contributed by atoms with Crippen LogP contribution in [0.1, 0.15) is 61.3 Å². The second-order valence-electron chi connectivity index (χ2n) is 6.91. The van der Waals surface area contributed by atoms with Gasteiger partial charge in [0.1, 0.15) is 0 Å². The highest BCUT2D eigenvalue weighted by atomic mass is 16.2. The van der Waals surface area contributed by atoms with Crippen molar-refractivity contribution in [3.8, 4) is 0 Å². The van der Waals surface area contributed by atoms with E-state index in [0.29, 0.717) is 12.1 Å². The van der Waals surface area contributed by atoms with Crippen LogP contribution in [0.2, 0.25) is 0 Å². The fourth-order valence-corrected chi connectivity index (χ4v) is 4.58. The molecule has 5 heteroatoms. The van der Waals surface area contributed by atoms with Crippen LogP contribution in [0.4, 0.5) is 0 Å². The lowest BCUT2D eigenvalue weighted by atomic mass is 10.0. The van der Waals surface area contributed by atoms with Gasteiger partial charge in [0, 0.05) is 30.9 Å². The molecule has 1 amide bonds. The first-order valence-corrected chi connectivity index (χ1v) is 9.17. The van der Waals surface area contributed by atoms with Crippen LogP contribution in [-0.4, -0.2) is 57.2 Å². The lowest BCUT2D eigenvalue weighted by molar-refractivity contribution is 0.0648. The molecule has 3 heterocycles. The van der Waals surface area contributed by atoms with Crippen LogP contribution in [0.5, 0.6) is 0 Å². The fourth-order valence-electron chi connectivity index (χ4n) is 4.58. The van der Waals surface area contributed by atoms with E-state index in [1.165, 1.54) is 19.4 Å². The van der Waals surface area contributed by atoms with Crippen molar-refractivity contribution in [3.63, 3.8) is 0 Å². The zero-order valence-electron chi connectivity index (χ0n) is 15.0. The van der Waals surface area contributed by atoms with E-state index in [4.69, 9.17) is 0 Å². The maximum atomic E-state index is 13.2. The fraction of sp³-hybridized carbons (Fsp3) is 0.778. The first-order chi connectivity index (χ1) is 11.1. The van der Waals surface area contributed by atoms with Gasteiger partial charge in [0.2, 0.25) is 0 Å². The van der Waals surface area contributed by atoms with Crippen molar-refractivity contribution in [1.29, 1.82) is 0 Å². The van der Waals surface area contributed by atoms with Crippen molar-refractivity contribution in [2.24, 2.45) is 0 Å². The molecule has 0 aliphatic carbocycles. The second-order valence-corrected chi connectivity index (χ2v) is 6.91. The Morgan fingerprint density at radius 3 is 2.43 bits per heavy atom. The van der Waals surface area contributed by atoms with Crippen LogP contribution in [0.3, 0.4) is 0 Å². The Balaban J connectivity index is 1.85. The molecule has 2 atom stereocenters. The van der Waals surface area contributed by atoms with Crippen molar-refractivity contribution in [2.45, 2.75) is 72.0 Å². The Morgan fingerprint density at radius 1 is 1.09 bits per heavy atom. The molecule has 0 unspecified atom stereocenters. The van der Waals surface area contributed by atoms with Crippen LogP contribution in [0.15, 0.2) is 0 Å². The van der Waals surface area contributed by atoms with E-state index in [1.807, 2.05) is 18.5 Å². The van der Waals surface area contributed by atoms with E-state index in [-0.39, 0.29) is 5.91 Å². The topological polar surface area (TPSA) is 41.4 Å². The van der Waals surface area contributed by atoms with Gasteiger partial charge < -0.3 is 4.90 Å². The number of rotatable bonds is 4. The highest BCUT2D eigenvalue weighted by Crippen LogP contribution is 2.31. The molecule has 0 aromatic carbocycles. The highest BCUT2D eigenvalue weighted by Gasteiger charge is 2.40. The molecular weight excluding hydrogens is 288 g/mol. The zero-order valence-corrected chi connectivity index (χ0v) is 15.0. The van der Waals surface area contributed by atoms with Crippen molar-refractivity contribution in [1.82, 2.24) is 19.6 Å². The van der Waals surface area contributed by atoms with Crippen LogP contribution >= 0.6 is 0 Å². The number of likely N-dealkylation sites (tertiary alicyclic amines) is 2. The summed E-state index contributed by atoms with van der Waals surface area (Å²) in [6.45, 7) is 12.3. The van der Waals surface area contributed by atoms with Gasteiger partial charge in [0.15, 0.2) is 0 Å².